The fourth-order valence-corrected chi connectivity index (χ4v) is 2.28. The molecule has 96 valence electrons. The van der Waals surface area contributed by atoms with Crippen molar-refractivity contribution in [1.29, 1.82) is 0 Å². The van der Waals surface area contributed by atoms with Gasteiger partial charge in [-0.05, 0) is 18.4 Å². The first kappa shape index (κ1) is 13.0. The fourth-order valence-electron chi connectivity index (χ4n) is 1.62. The minimum Gasteiger partial charge on any atom is -0.370 e. The van der Waals surface area contributed by atoms with E-state index in [1.807, 2.05) is 12.1 Å². The summed E-state index contributed by atoms with van der Waals surface area (Å²) >= 11 is 1.67. The zero-order valence-corrected chi connectivity index (χ0v) is 12.1. The molecule has 18 heavy (non-hydrogen) atoms. The highest BCUT2D eigenvalue weighted by Crippen LogP contribution is 2.27. The Morgan fingerprint density at radius 3 is 2.61 bits per heavy atom. The predicted octanol–water partition coefficient (Wildman–Crippen LogP) is 3.93. The lowest BCUT2D eigenvalue weighted by Crippen LogP contribution is -2.15. The maximum Gasteiger partial charge on any atom is 0.171 e. The van der Waals surface area contributed by atoms with Crippen molar-refractivity contribution in [2.45, 2.75) is 33.1 Å². The van der Waals surface area contributed by atoms with Crippen molar-refractivity contribution in [2.24, 2.45) is 0 Å². The molecule has 0 radical (unpaired) electrons. The van der Waals surface area contributed by atoms with Gasteiger partial charge in [-0.1, -0.05) is 26.8 Å². The van der Waals surface area contributed by atoms with Gasteiger partial charge >= 0.3 is 0 Å². The van der Waals surface area contributed by atoms with Crippen molar-refractivity contribution in [3.05, 3.63) is 29.3 Å². The van der Waals surface area contributed by atoms with Gasteiger partial charge in [-0.2, -0.15) is 0 Å². The normalized spacial score (nSPS) is 11.6. The molecule has 2 rings (SSSR count). The summed E-state index contributed by atoms with van der Waals surface area (Å²) in [4.78, 5) is 10.4. The highest BCUT2D eigenvalue weighted by molar-refractivity contribution is 7.13. The van der Waals surface area contributed by atoms with Gasteiger partial charge in [0.05, 0.1) is 10.6 Å². The van der Waals surface area contributed by atoms with Crippen LogP contribution in [-0.4, -0.2) is 16.5 Å². The Morgan fingerprint density at radius 2 is 2.06 bits per heavy atom. The van der Waals surface area contributed by atoms with Crippen LogP contribution in [0.5, 0.6) is 0 Å². The van der Waals surface area contributed by atoms with E-state index in [2.05, 4.69) is 54.4 Å². The van der Waals surface area contributed by atoms with Gasteiger partial charge in [0.15, 0.2) is 5.82 Å². The van der Waals surface area contributed by atoms with Crippen molar-refractivity contribution in [2.75, 3.05) is 11.9 Å². The molecule has 0 aliphatic rings. The number of thiophene rings is 1. The molecule has 0 aliphatic carbocycles. The lowest BCUT2D eigenvalue weighted by molar-refractivity contribution is 0.568. The third kappa shape index (κ3) is 2.88. The molecule has 2 heterocycles. The van der Waals surface area contributed by atoms with Crippen LogP contribution in [0.25, 0.3) is 10.7 Å². The number of anilines is 1. The monoisotopic (exact) mass is 261 g/mol. The molecule has 0 fully saturated rings. The topological polar surface area (TPSA) is 37.8 Å². The van der Waals surface area contributed by atoms with E-state index in [0.29, 0.717) is 0 Å². The Labute approximate surface area is 112 Å². The molecule has 0 atom stereocenters. The SMILES string of the molecule is CCNc1cc(C(C)(C)C)nc(-c2cccs2)n1. The average molecular weight is 261 g/mol. The summed E-state index contributed by atoms with van der Waals surface area (Å²) < 4.78 is 0. The smallest absolute Gasteiger partial charge is 0.171 e. The van der Waals surface area contributed by atoms with Gasteiger partial charge in [0.1, 0.15) is 5.82 Å². The van der Waals surface area contributed by atoms with E-state index in [9.17, 15) is 0 Å². The Morgan fingerprint density at radius 1 is 1.28 bits per heavy atom. The van der Waals surface area contributed by atoms with E-state index < -0.39 is 0 Å². The summed E-state index contributed by atoms with van der Waals surface area (Å²) in [6, 6.07) is 6.13. The lowest BCUT2D eigenvalue weighted by atomic mass is 9.92. The van der Waals surface area contributed by atoms with Gasteiger partial charge in [0.2, 0.25) is 0 Å². The third-order valence-electron chi connectivity index (χ3n) is 2.59. The first-order valence-electron chi connectivity index (χ1n) is 6.18. The number of nitrogens with zero attached hydrogens (tertiary/aromatic N) is 2. The molecule has 0 saturated heterocycles. The molecular weight excluding hydrogens is 242 g/mol. The first-order valence-corrected chi connectivity index (χ1v) is 7.06. The van der Waals surface area contributed by atoms with Crippen LogP contribution in [-0.2, 0) is 5.41 Å². The zero-order valence-electron chi connectivity index (χ0n) is 11.3. The minimum absolute atomic E-state index is 0.0269. The molecule has 3 nitrogen and oxygen atoms in total. The van der Waals surface area contributed by atoms with E-state index in [0.717, 1.165) is 28.8 Å². The Balaban J connectivity index is 2.50. The molecule has 0 aliphatic heterocycles. The molecule has 0 spiro atoms. The van der Waals surface area contributed by atoms with Crippen LogP contribution in [0.15, 0.2) is 23.6 Å². The second-order valence-corrected chi connectivity index (χ2v) is 6.17. The maximum absolute atomic E-state index is 4.69. The van der Waals surface area contributed by atoms with Gasteiger partial charge in [0, 0.05) is 18.0 Å². The summed E-state index contributed by atoms with van der Waals surface area (Å²) in [6.07, 6.45) is 0. The van der Waals surface area contributed by atoms with Crippen LogP contribution >= 0.6 is 11.3 Å². The third-order valence-corrected chi connectivity index (χ3v) is 3.46. The van der Waals surface area contributed by atoms with Gasteiger partial charge in [-0.15, -0.1) is 11.3 Å². The molecule has 4 heteroatoms. The molecule has 0 bridgehead atoms. The van der Waals surface area contributed by atoms with E-state index in [4.69, 9.17) is 0 Å². The molecule has 0 unspecified atom stereocenters. The van der Waals surface area contributed by atoms with Crippen LogP contribution in [0.4, 0.5) is 5.82 Å². The van der Waals surface area contributed by atoms with Crippen LogP contribution < -0.4 is 5.32 Å². The van der Waals surface area contributed by atoms with E-state index >= 15 is 0 Å². The predicted molar refractivity (Wildman–Crippen MR) is 78.2 cm³/mol. The number of hydrogen-bond donors (Lipinski definition) is 1. The molecule has 0 amide bonds. The van der Waals surface area contributed by atoms with Crippen LogP contribution in [0, 0.1) is 0 Å². The average Bonchev–Trinajstić information content (AvgIpc) is 2.81. The summed E-state index contributed by atoms with van der Waals surface area (Å²) in [6.45, 7) is 9.45. The van der Waals surface area contributed by atoms with E-state index in [1.165, 1.54) is 0 Å². The van der Waals surface area contributed by atoms with Crippen molar-refractivity contribution < 1.29 is 0 Å². The van der Waals surface area contributed by atoms with Crippen LogP contribution in [0.3, 0.4) is 0 Å². The largest absolute Gasteiger partial charge is 0.370 e. The summed E-state index contributed by atoms with van der Waals surface area (Å²) in [7, 11) is 0. The van der Waals surface area contributed by atoms with Gasteiger partial charge in [-0.3, -0.25) is 0 Å². The van der Waals surface area contributed by atoms with Crippen molar-refractivity contribution in [3.8, 4) is 10.7 Å². The van der Waals surface area contributed by atoms with E-state index in [-0.39, 0.29) is 5.41 Å². The molecule has 0 aromatic carbocycles. The number of nitrogens with one attached hydrogen (secondary N) is 1. The fraction of sp³-hybridized carbons (Fsp3) is 0.429. The number of hydrogen-bond acceptors (Lipinski definition) is 4. The van der Waals surface area contributed by atoms with Crippen molar-refractivity contribution in [1.82, 2.24) is 9.97 Å². The maximum atomic E-state index is 4.69. The second-order valence-electron chi connectivity index (χ2n) is 5.22. The van der Waals surface area contributed by atoms with Gasteiger partial charge in [0.25, 0.3) is 0 Å². The van der Waals surface area contributed by atoms with Crippen molar-refractivity contribution >= 4 is 17.2 Å². The highest BCUT2D eigenvalue weighted by Gasteiger charge is 2.18. The van der Waals surface area contributed by atoms with Gasteiger partial charge in [-0.25, -0.2) is 9.97 Å². The summed E-state index contributed by atoms with van der Waals surface area (Å²) in [5.41, 5.74) is 1.09. The second kappa shape index (κ2) is 5.06. The Kier molecular flexibility index (Phi) is 3.66. The Hall–Kier alpha value is -1.42. The molecule has 0 saturated carbocycles. The molecule has 2 aromatic rings. The highest BCUT2D eigenvalue weighted by atomic mass is 32.1. The Bertz CT molecular complexity index is 512. The number of rotatable bonds is 3. The standard InChI is InChI=1S/C14H19N3S/c1-5-15-12-9-11(14(2,3)4)16-13(17-12)10-7-6-8-18-10/h6-9H,5H2,1-4H3,(H,15,16,17). The molecule has 2 aromatic heterocycles. The van der Waals surface area contributed by atoms with Gasteiger partial charge < -0.3 is 5.32 Å². The summed E-state index contributed by atoms with van der Waals surface area (Å²) in [5.74, 6) is 1.72. The van der Waals surface area contributed by atoms with Crippen molar-refractivity contribution in [3.63, 3.8) is 0 Å². The minimum atomic E-state index is 0.0269. The zero-order chi connectivity index (χ0) is 13.2. The van der Waals surface area contributed by atoms with E-state index in [1.54, 1.807) is 11.3 Å². The number of aromatic nitrogens is 2. The molecular formula is C14H19N3S. The first-order chi connectivity index (χ1) is 8.50. The summed E-state index contributed by atoms with van der Waals surface area (Å²) in [5, 5.41) is 5.33. The quantitative estimate of drug-likeness (QED) is 0.909. The lowest BCUT2D eigenvalue weighted by Gasteiger charge is -2.19. The van der Waals surface area contributed by atoms with Crippen LogP contribution in [0.2, 0.25) is 0 Å². The molecule has 1 N–H and O–H groups in total. The van der Waals surface area contributed by atoms with Crippen LogP contribution in [0.1, 0.15) is 33.4 Å².